The number of hydrogen-bond acceptors (Lipinski definition) is 5. The molecule has 0 radical (unpaired) electrons. The van der Waals surface area contributed by atoms with Crippen LogP contribution >= 0.6 is 0 Å². The summed E-state index contributed by atoms with van der Waals surface area (Å²) in [7, 11) is 3.81. The summed E-state index contributed by atoms with van der Waals surface area (Å²) in [5.74, 6) is 1.34. The van der Waals surface area contributed by atoms with Crippen molar-refractivity contribution in [1.82, 2.24) is 9.97 Å². The molecule has 3 N–H and O–H groups in total. The zero-order valence-corrected chi connectivity index (χ0v) is 11.7. The van der Waals surface area contributed by atoms with Gasteiger partial charge in [0.15, 0.2) is 11.6 Å². The van der Waals surface area contributed by atoms with E-state index in [1.54, 1.807) is 0 Å². The summed E-state index contributed by atoms with van der Waals surface area (Å²) in [4.78, 5) is 10.2. The Morgan fingerprint density at radius 2 is 1.89 bits per heavy atom. The Labute approximate surface area is 113 Å². The first kappa shape index (κ1) is 13.1. The van der Waals surface area contributed by atoms with Crippen molar-refractivity contribution in [3.05, 3.63) is 35.7 Å². The van der Waals surface area contributed by atoms with Crippen molar-refractivity contribution in [2.75, 3.05) is 30.0 Å². The summed E-state index contributed by atoms with van der Waals surface area (Å²) in [6, 6.07) is 6.10. The second kappa shape index (κ2) is 5.14. The molecule has 0 fully saturated rings. The van der Waals surface area contributed by atoms with Crippen LogP contribution in [0.2, 0.25) is 0 Å². The number of anilines is 4. The number of benzene rings is 1. The van der Waals surface area contributed by atoms with Crippen molar-refractivity contribution in [3.8, 4) is 0 Å². The number of nitrogen functional groups attached to an aromatic ring is 1. The van der Waals surface area contributed by atoms with E-state index < -0.39 is 0 Å². The highest BCUT2D eigenvalue weighted by atomic mass is 15.2. The number of nitrogens with two attached hydrogens (primary N) is 1. The van der Waals surface area contributed by atoms with Crippen molar-refractivity contribution in [2.24, 2.45) is 0 Å². The number of rotatable bonds is 3. The first-order chi connectivity index (χ1) is 9.00. The molecule has 0 saturated carbocycles. The molecule has 2 aromatic rings. The number of nitrogens with one attached hydrogen (secondary N) is 1. The fraction of sp³-hybridized carbons (Fsp3) is 0.286. The average Bonchev–Trinajstić information content (AvgIpc) is 2.37. The van der Waals surface area contributed by atoms with Crippen LogP contribution in [0.25, 0.3) is 0 Å². The lowest BCUT2D eigenvalue weighted by Gasteiger charge is -2.17. The molecular formula is C14H19N5. The van der Waals surface area contributed by atoms with Crippen LogP contribution in [-0.2, 0) is 0 Å². The van der Waals surface area contributed by atoms with E-state index in [0.717, 1.165) is 5.69 Å². The van der Waals surface area contributed by atoms with E-state index in [9.17, 15) is 0 Å². The van der Waals surface area contributed by atoms with Gasteiger partial charge in [0, 0.05) is 19.8 Å². The predicted octanol–water partition coefficient (Wildman–Crippen LogP) is 2.49. The molecule has 1 aromatic heterocycles. The molecule has 0 aliphatic rings. The van der Waals surface area contributed by atoms with E-state index in [0.29, 0.717) is 17.3 Å². The maximum absolute atomic E-state index is 6.09. The lowest BCUT2D eigenvalue weighted by molar-refractivity contribution is 1.04. The molecule has 0 spiro atoms. The molecule has 0 bridgehead atoms. The van der Waals surface area contributed by atoms with E-state index in [-0.39, 0.29) is 0 Å². The minimum Gasteiger partial charge on any atom is -0.393 e. The van der Waals surface area contributed by atoms with Gasteiger partial charge >= 0.3 is 0 Å². The summed E-state index contributed by atoms with van der Waals surface area (Å²) in [6.07, 6.45) is 1.51. The van der Waals surface area contributed by atoms with Crippen LogP contribution in [0.15, 0.2) is 24.5 Å². The highest BCUT2D eigenvalue weighted by Gasteiger charge is 2.10. The van der Waals surface area contributed by atoms with E-state index in [4.69, 9.17) is 5.73 Å². The van der Waals surface area contributed by atoms with Gasteiger partial charge < -0.3 is 16.0 Å². The number of aromatic nitrogens is 2. The fourth-order valence-electron chi connectivity index (χ4n) is 1.86. The van der Waals surface area contributed by atoms with Crippen molar-refractivity contribution in [3.63, 3.8) is 0 Å². The second-order valence-electron chi connectivity index (χ2n) is 4.73. The molecule has 0 saturated heterocycles. The Bertz CT molecular complexity index is 592. The van der Waals surface area contributed by atoms with Gasteiger partial charge in [-0.05, 0) is 31.0 Å². The third kappa shape index (κ3) is 2.59. The monoisotopic (exact) mass is 257 g/mol. The molecule has 100 valence electrons. The van der Waals surface area contributed by atoms with Gasteiger partial charge in [-0.15, -0.1) is 0 Å². The Hall–Kier alpha value is -2.30. The third-order valence-corrected chi connectivity index (χ3v) is 3.14. The summed E-state index contributed by atoms with van der Waals surface area (Å²) in [6.45, 7) is 4.15. The summed E-state index contributed by atoms with van der Waals surface area (Å²) >= 11 is 0. The summed E-state index contributed by atoms with van der Waals surface area (Å²) < 4.78 is 0. The van der Waals surface area contributed by atoms with Gasteiger partial charge in [0.25, 0.3) is 0 Å². The standard InChI is InChI=1S/C14H19N5/c1-9-6-5-7-11(10(9)2)18-13-12(15)14(19(3)4)17-8-16-13/h5-8H,15H2,1-4H3,(H,16,17,18). The molecule has 0 aliphatic carbocycles. The maximum atomic E-state index is 6.09. The molecule has 0 amide bonds. The van der Waals surface area contributed by atoms with Crippen molar-refractivity contribution < 1.29 is 0 Å². The quantitative estimate of drug-likeness (QED) is 0.884. The topological polar surface area (TPSA) is 67.1 Å². The van der Waals surface area contributed by atoms with E-state index in [1.165, 1.54) is 17.5 Å². The van der Waals surface area contributed by atoms with Gasteiger partial charge in [-0.1, -0.05) is 12.1 Å². The Morgan fingerprint density at radius 1 is 1.16 bits per heavy atom. The van der Waals surface area contributed by atoms with Crippen LogP contribution in [-0.4, -0.2) is 24.1 Å². The first-order valence-corrected chi connectivity index (χ1v) is 6.11. The smallest absolute Gasteiger partial charge is 0.159 e. The Kier molecular flexibility index (Phi) is 3.55. The second-order valence-corrected chi connectivity index (χ2v) is 4.73. The molecular weight excluding hydrogens is 238 g/mol. The molecule has 2 rings (SSSR count). The molecule has 5 nitrogen and oxygen atoms in total. The van der Waals surface area contributed by atoms with Gasteiger partial charge in [-0.2, -0.15) is 0 Å². The number of aryl methyl sites for hydroxylation is 1. The van der Waals surface area contributed by atoms with Crippen LogP contribution in [0, 0.1) is 13.8 Å². The SMILES string of the molecule is Cc1cccc(Nc2ncnc(N(C)C)c2N)c1C. The number of nitrogens with zero attached hydrogens (tertiary/aromatic N) is 3. The van der Waals surface area contributed by atoms with Crippen molar-refractivity contribution in [1.29, 1.82) is 0 Å². The predicted molar refractivity (Wildman–Crippen MR) is 80.0 cm³/mol. The summed E-state index contributed by atoms with van der Waals surface area (Å²) in [5, 5.41) is 3.27. The minimum atomic E-state index is 0.549. The van der Waals surface area contributed by atoms with E-state index in [2.05, 4.69) is 35.2 Å². The Morgan fingerprint density at radius 3 is 2.58 bits per heavy atom. The zero-order valence-electron chi connectivity index (χ0n) is 11.7. The van der Waals surface area contributed by atoms with Crippen molar-refractivity contribution >= 4 is 23.0 Å². The van der Waals surface area contributed by atoms with Gasteiger partial charge in [0.1, 0.15) is 12.0 Å². The fourth-order valence-corrected chi connectivity index (χ4v) is 1.86. The lowest BCUT2D eigenvalue weighted by Crippen LogP contribution is -2.14. The molecule has 1 heterocycles. The molecule has 0 unspecified atom stereocenters. The average molecular weight is 257 g/mol. The molecule has 0 aliphatic heterocycles. The largest absolute Gasteiger partial charge is 0.393 e. The molecule has 5 heteroatoms. The van der Waals surface area contributed by atoms with Gasteiger partial charge in [-0.3, -0.25) is 0 Å². The van der Waals surface area contributed by atoms with Gasteiger partial charge in [0.05, 0.1) is 0 Å². The van der Waals surface area contributed by atoms with Gasteiger partial charge in [-0.25, -0.2) is 9.97 Å². The normalized spacial score (nSPS) is 10.3. The van der Waals surface area contributed by atoms with Crippen molar-refractivity contribution in [2.45, 2.75) is 13.8 Å². The van der Waals surface area contributed by atoms with Crippen LogP contribution in [0.1, 0.15) is 11.1 Å². The Balaban J connectivity index is 2.39. The number of hydrogen-bond donors (Lipinski definition) is 2. The molecule has 0 atom stereocenters. The van der Waals surface area contributed by atoms with E-state index in [1.807, 2.05) is 31.1 Å². The molecule has 19 heavy (non-hydrogen) atoms. The van der Waals surface area contributed by atoms with Crippen LogP contribution in [0.4, 0.5) is 23.0 Å². The third-order valence-electron chi connectivity index (χ3n) is 3.14. The highest BCUT2D eigenvalue weighted by Crippen LogP contribution is 2.29. The minimum absolute atomic E-state index is 0.549. The maximum Gasteiger partial charge on any atom is 0.159 e. The molecule has 1 aromatic carbocycles. The van der Waals surface area contributed by atoms with Gasteiger partial charge in [0.2, 0.25) is 0 Å². The van der Waals surface area contributed by atoms with Crippen LogP contribution in [0.5, 0.6) is 0 Å². The summed E-state index contributed by atoms with van der Waals surface area (Å²) in [5.41, 5.74) is 10.1. The lowest BCUT2D eigenvalue weighted by atomic mass is 10.1. The zero-order chi connectivity index (χ0) is 14.0. The highest BCUT2D eigenvalue weighted by molar-refractivity contribution is 5.78. The van der Waals surface area contributed by atoms with Crippen LogP contribution in [0.3, 0.4) is 0 Å². The van der Waals surface area contributed by atoms with E-state index >= 15 is 0 Å². The van der Waals surface area contributed by atoms with Crippen LogP contribution < -0.4 is 16.0 Å². The first-order valence-electron chi connectivity index (χ1n) is 6.11.